The van der Waals surface area contributed by atoms with Gasteiger partial charge < -0.3 is 24.3 Å². The molecule has 1 aromatic heterocycles. The second kappa shape index (κ2) is 12.0. The number of hydrogen-bond acceptors (Lipinski definition) is 8. The van der Waals surface area contributed by atoms with Crippen molar-refractivity contribution in [3.8, 4) is 12.1 Å². The Kier molecular flexibility index (Phi) is 8.00. The zero-order valence-corrected chi connectivity index (χ0v) is 24.8. The molecule has 2 fully saturated rings. The average Bonchev–Trinajstić information content (AvgIpc) is 3.64. The Morgan fingerprint density at radius 3 is 2.67 bits per heavy atom. The number of carbonyl (C=O) groups excluding carboxylic acids is 2. The standard InChI is InChI=1S/C33H37N7O3/c1-4-29(41)40-17-16-38(18-24(40)13-14-34)31-27-19-39(32(42)26-12-6-10-23-9-5-8-22(2)30(23)26)20-28(27)35-33(36-31)43-21-25-11-7-15-37(25)3/h4-6,8-10,12,24-25H,1,7,11,13,15-21H2,2-3H3/t24-,25-/m0/s1. The quantitative estimate of drug-likeness (QED) is 0.391. The number of aromatic nitrogens is 2. The topological polar surface area (TPSA) is 106 Å². The van der Waals surface area contributed by atoms with Gasteiger partial charge >= 0.3 is 6.01 Å². The zero-order chi connectivity index (χ0) is 30.1. The molecular formula is C33H37N7O3. The molecule has 0 unspecified atom stereocenters. The first-order chi connectivity index (χ1) is 20.9. The van der Waals surface area contributed by atoms with Gasteiger partial charge in [0.15, 0.2) is 0 Å². The molecule has 10 nitrogen and oxygen atoms in total. The van der Waals surface area contributed by atoms with Gasteiger partial charge in [-0.2, -0.15) is 15.2 Å². The maximum absolute atomic E-state index is 14.0. The molecule has 43 heavy (non-hydrogen) atoms. The fraction of sp³-hybridized carbons (Fsp3) is 0.424. The van der Waals surface area contributed by atoms with Gasteiger partial charge in [-0.1, -0.05) is 36.9 Å². The number of anilines is 1. The van der Waals surface area contributed by atoms with E-state index < -0.39 is 0 Å². The Morgan fingerprint density at radius 1 is 1.12 bits per heavy atom. The van der Waals surface area contributed by atoms with Crippen molar-refractivity contribution in [2.24, 2.45) is 0 Å². The number of aryl methyl sites for hydroxylation is 1. The van der Waals surface area contributed by atoms with E-state index in [2.05, 4.69) is 29.5 Å². The molecule has 3 aliphatic rings. The van der Waals surface area contributed by atoms with E-state index in [0.717, 1.165) is 47.0 Å². The number of nitriles is 1. The Hall–Kier alpha value is -4.49. The number of benzene rings is 2. The van der Waals surface area contributed by atoms with E-state index >= 15 is 0 Å². The molecule has 0 N–H and O–H groups in total. The van der Waals surface area contributed by atoms with Crippen LogP contribution in [-0.4, -0.2) is 88.4 Å². The van der Waals surface area contributed by atoms with Crippen molar-refractivity contribution in [3.05, 3.63) is 71.4 Å². The highest BCUT2D eigenvalue weighted by atomic mass is 16.5. The number of fused-ring (bicyclic) bond motifs is 2. The highest BCUT2D eigenvalue weighted by Gasteiger charge is 2.36. The molecule has 2 amide bonds. The summed E-state index contributed by atoms with van der Waals surface area (Å²) in [5.74, 6) is 0.472. The minimum absolute atomic E-state index is 0.0531. The van der Waals surface area contributed by atoms with Crippen molar-refractivity contribution in [3.63, 3.8) is 0 Å². The molecule has 2 saturated heterocycles. The third kappa shape index (κ3) is 5.53. The Bertz CT molecular complexity index is 1610. The first-order valence-corrected chi connectivity index (χ1v) is 14.9. The molecule has 6 rings (SSSR count). The van der Waals surface area contributed by atoms with Gasteiger partial charge in [0.2, 0.25) is 5.91 Å². The first-order valence-electron chi connectivity index (χ1n) is 14.9. The van der Waals surface area contributed by atoms with Crippen LogP contribution < -0.4 is 9.64 Å². The van der Waals surface area contributed by atoms with Gasteiger partial charge in [0.05, 0.1) is 37.3 Å². The summed E-state index contributed by atoms with van der Waals surface area (Å²) in [7, 11) is 2.11. The summed E-state index contributed by atoms with van der Waals surface area (Å²) in [6.45, 7) is 9.33. The number of amides is 2. The lowest BCUT2D eigenvalue weighted by Crippen LogP contribution is -2.55. The number of hydrogen-bond donors (Lipinski definition) is 0. The van der Waals surface area contributed by atoms with Crippen molar-refractivity contribution in [2.45, 2.75) is 51.4 Å². The summed E-state index contributed by atoms with van der Waals surface area (Å²) < 4.78 is 6.20. The van der Waals surface area contributed by atoms with Gasteiger partial charge in [0.1, 0.15) is 12.4 Å². The highest BCUT2D eigenvalue weighted by molar-refractivity contribution is 6.08. The van der Waals surface area contributed by atoms with Gasteiger partial charge in [-0.15, -0.1) is 0 Å². The minimum Gasteiger partial charge on any atom is -0.462 e. The third-order valence-corrected chi connectivity index (χ3v) is 9.01. The smallest absolute Gasteiger partial charge is 0.318 e. The number of nitrogens with zero attached hydrogens (tertiary/aromatic N) is 7. The lowest BCUT2D eigenvalue weighted by molar-refractivity contribution is -0.128. The fourth-order valence-corrected chi connectivity index (χ4v) is 6.66. The molecule has 0 radical (unpaired) electrons. The number of piperazine rings is 1. The van der Waals surface area contributed by atoms with Crippen LogP contribution >= 0.6 is 0 Å². The molecule has 0 saturated carbocycles. The average molecular weight is 580 g/mol. The second-order valence-electron chi connectivity index (χ2n) is 11.7. The normalized spacial score (nSPS) is 20.3. The maximum atomic E-state index is 14.0. The van der Waals surface area contributed by atoms with E-state index in [0.29, 0.717) is 62.8 Å². The van der Waals surface area contributed by atoms with E-state index in [1.165, 1.54) is 6.08 Å². The number of likely N-dealkylation sites (tertiary alicyclic amines) is 1. The van der Waals surface area contributed by atoms with Gasteiger partial charge in [0, 0.05) is 36.8 Å². The molecule has 3 aliphatic heterocycles. The largest absolute Gasteiger partial charge is 0.462 e. The lowest BCUT2D eigenvalue weighted by atomic mass is 9.99. The molecule has 3 aromatic rings. The molecule has 0 spiro atoms. The van der Waals surface area contributed by atoms with Crippen LogP contribution in [-0.2, 0) is 17.9 Å². The second-order valence-corrected chi connectivity index (χ2v) is 11.7. The summed E-state index contributed by atoms with van der Waals surface area (Å²) in [6, 6.07) is 14.4. The molecular weight excluding hydrogens is 542 g/mol. The summed E-state index contributed by atoms with van der Waals surface area (Å²) in [4.78, 5) is 44.2. The molecule has 0 aliphatic carbocycles. The van der Waals surface area contributed by atoms with Crippen LogP contribution in [0.4, 0.5) is 5.82 Å². The summed E-state index contributed by atoms with van der Waals surface area (Å²) in [5, 5.41) is 11.5. The van der Waals surface area contributed by atoms with Crippen molar-refractivity contribution in [1.82, 2.24) is 24.7 Å². The van der Waals surface area contributed by atoms with Crippen LogP contribution in [0.3, 0.4) is 0 Å². The third-order valence-electron chi connectivity index (χ3n) is 9.01. The molecule has 0 bridgehead atoms. The van der Waals surface area contributed by atoms with Crippen molar-refractivity contribution < 1.29 is 14.3 Å². The van der Waals surface area contributed by atoms with Crippen LogP contribution in [0.5, 0.6) is 6.01 Å². The zero-order valence-electron chi connectivity index (χ0n) is 24.8. The predicted octanol–water partition coefficient (Wildman–Crippen LogP) is 3.68. The van der Waals surface area contributed by atoms with Gasteiger partial charge in [-0.05, 0) is 61.8 Å². The number of rotatable bonds is 7. The molecule has 222 valence electrons. The first kappa shape index (κ1) is 28.6. The van der Waals surface area contributed by atoms with Gasteiger partial charge in [0.25, 0.3) is 5.91 Å². The summed E-state index contributed by atoms with van der Waals surface area (Å²) >= 11 is 0. The molecule has 4 heterocycles. The minimum atomic E-state index is -0.302. The number of ether oxygens (including phenoxy) is 1. The van der Waals surface area contributed by atoms with Crippen LogP contribution in [0.1, 0.15) is 46.4 Å². The monoisotopic (exact) mass is 579 g/mol. The van der Waals surface area contributed by atoms with Gasteiger partial charge in [-0.25, -0.2) is 0 Å². The summed E-state index contributed by atoms with van der Waals surface area (Å²) in [6.07, 6.45) is 3.70. The van der Waals surface area contributed by atoms with Crippen LogP contribution in [0.25, 0.3) is 10.8 Å². The molecule has 2 aromatic carbocycles. The van der Waals surface area contributed by atoms with Crippen LogP contribution in [0.2, 0.25) is 0 Å². The van der Waals surface area contributed by atoms with E-state index in [1.54, 1.807) is 4.90 Å². The number of carbonyl (C=O) groups is 2. The highest BCUT2D eigenvalue weighted by Crippen LogP contribution is 2.35. The predicted molar refractivity (Wildman–Crippen MR) is 164 cm³/mol. The van der Waals surface area contributed by atoms with E-state index in [4.69, 9.17) is 14.7 Å². The van der Waals surface area contributed by atoms with Crippen molar-refractivity contribution in [2.75, 3.05) is 44.7 Å². The maximum Gasteiger partial charge on any atom is 0.318 e. The van der Waals surface area contributed by atoms with Crippen molar-refractivity contribution in [1.29, 1.82) is 5.26 Å². The Balaban J connectivity index is 1.32. The lowest BCUT2D eigenvalue weighted by Gasteiger charge is -2.41. The fourth-order valence-electron chi connectivity index (χ4n) is 6.66. The van der Waals surface area contributed by atoms with E-state index in [1.807, 2.05) is 48.2 Å². The molecule has 10 heteroatoms. The van der Waals surface area contributed by atoms with E-state index in [9.17, 15) is 14.9 Å². The number of likely N-dealkylation sites (N-methyl/N-ethyl adjacent to an activating group) is 1. The SMILES string of the molecule is C=CC(=O)N1CCN(c2nc(OC[C@@H]3CCCN3C)nc3c2CN(C(=O)c2cccc4cccc(C)c24)C3)C[C@@H]1CC#N. The van der Waals surface area contributed by atoms with Crippen LogP contribution in [0.15, 0.2) is 49.1 Å². The van der Waals surface area contributed by atoms with E-state index in [-0.39, 0.29) is 24.3 Å². The van der Waals surface area contributed by atoms with Gasteiger partial charge in [-0.3, -0.25) is 9.59 Å². The van der Waals surface area contributed by atoms with Crippen LogP contribution in [0, 0.1) is 18.3 Å². The molecule has 2 atom stereocenters. The Morgan fingerprint density at radius 2 is 1.93 bits per heavy atom. The summed E-state index contributed by atoms with van der Waals surface area (Å²) in [5.41, 5.74) is 3.38. The van der Waals surface area contributed by atoms with Crippen molar-refractivity contribution >= 4 is 28.4 Å². The Labute approximate surface area is 252 Å².